The Morgan fingerprint density at radius 2 is 1.85 bits per heavy atom. The molecule has 0 aromatic heterocycles. The molecular formula is C13H14F2N2O3. The lowest BCUT2D eigenvalue weighted by atomic mass is 10.1. The molecule has 1 aliphatic rings. The van der Waals surface area contributed by atoms with E-state index in [9.17, 15) is 18.4 Å². The Morgan fingerprint density at radius 1 is 1.25 bits per heavy atom. The van der Waals surface area contributed by atoms with Crippen LogP contribution in [0.3, 0.4) is 0 Å². The molecule has 0 spiro atoms. The first-order chi connectivity index (χ1) is 9.47. The monoisotopic (exact) mass is 284 g/mol. The average Bonchev–Trinajstić information content (AvgIpc) is 3.17. The summed E-state index contributed by atoms with van der Waals surface area (Å²) in [7, 11) is 0. The maximum atomic E-state index is 13.7. The second kappa shape index (κ2) is 5.85. The van der Waals surface area contributed by atoms with E-state index in [1.54, 1.807) is 0 Å². The quantitative estimate of drug-likeness (QED) is 0.741. The van der Waals surface area contributed by atoms with Gasteiger partial charge in [-0.3, -0.25) is 9.59 Å². The van der Waals surface area contributed by atoms with Crippen molar-refractivity contribution in [2.24, 2.45) is 5.92 Å². The van der Waals surface area contributed by atoms with Crippen molar-refractivity contribution in [1.29, 1.82) is 0 Å². The zero-order valence-corrected chi connectivity index (χ0v) is 10.6. The molecule has 0 bridgehead atoms. The van der Waals surface area contributed by atoms with E-state index >= 15 is 0 Å². The average molecular weight is 284 g/mol. The zero-order valence-electron chi connectivity index (χ0n) is 10.6. The van der Waals surface area contributed by atoms with Crippen molar-refractivity contribution in [2.75, 3.05) is 18.4 Å². The minimum Gasteiger partial charge on any atom is -0.480 e. The van der Waals surface area contributed by atoms with Crippen LogP contribution in [0.5, 0.6) is 0 Å². The molecule has 1 amide bonds. The molecule has 0 aliphatic heterocycles. The SMILES string of the molecule is O=C(O)CNC(=O)c1c(F)cc(NCC2CC2)cc1F. The lowest BCUT2D eigenvalue weighted by Crippen LogP contribution is -2.30. The van der Waals surface area contributed by atoms with Crippen LogP contribution >= 0.6 is 0 Å². The molecule has 20 heavy (non-hydrogen) atoms. The summed E-state index contributed by atoms with van der Waals surface area (Å²) < 4.78 is 27.5. The van der Waals surface area contributed by atoms with Gasteiger partial charge in [0.1, 0.15) is 23.7 Å². The van der Waals surface area contributed by atoms with Gasteiger partial charge in [-0.2, -0.15) is 0 Å². The minimum absolute atomic E-state index is 0.265. The summed E-state index contributed by atoms with van der Waals surface area (Å²) in [5.74, 6) is -3.88. The number of anilines is 1. The van der Waals surface area contributed by atoms with Crippen molar-refractivity contribution >= 4 is 17.6 Å². The topological polar surface area (TPSA) is 78.4 Å². The number of benzene rings is 1. The Morgan fingerprint density at radius 3 is 2.35 bits per heavy atom. The zero-order chi connectivity index (χ0) is 14.7. The van der Waals surface area contributed by atoms with Gasteiger partial charge in [-0.15, -0.1) is 0 Å². The second-order valence-corrected chi connectivity index (χ2v) is 4.72. The van der Waals surface area contributed by atoms with Crippen molar-refractivity contribution in [3.63, 3.8) is 0 Å². The maximum Gasteiger partial charge on any atom is 0.322 e. The van der Waals surface area contributed by atoms with Crippen LogP contribution in [0.2, 0.25) is 0 Å². The largest absolute Gasteiger partial charge is 0.480 e. The molecule has 0 heterocycles. The number of carboxylic acids is 1. The van der Waals surface area contributed by atoms with Crippen molar-refractivity contribution in [1.82, 2.24) is 5.32 Å². The highest BCUT2D eigenvalue weighted by Crippen LogP contribution is 2.29. The van der Waals surface area contributed by atoms with Gasteiger partial charge in [0.25, 0.3) is 5.91 Å². The number of hydrogen-bond donors (Lipinski definition) is 3. The number of nitrogens with one attached hydrogen (secondary N) is 2. The summed E-state index contributed by atoms with van der Waals surface area (Å²) in [5, 5.41) is 13.2. The molecular weight excluding hydrogens is 270 g/mol. The molecule has 1 aromatic carbocycles. The van der Waals surface area contributed by atoms with Crippen LogP contribution in [0.15, 0.2) is 12.1 Å². The summed E-state index contributed by atoms with van der Waals surface area (Å²) >= 11 is 0. The van der Waals surface area contributed by atoms with E-state index in [4.69, 9.17) is 5.11 Å². The van der Waals surface area contributed by atoms with Gasteiger partial charge in [-0.25, -0.2) is 8.78 Å². The van der Waals surface area contributed by atoms with Crippen LogP contribution in [0, 0.1) is 17.6 Å². The van der Waals surface area contributed by atoms with E-state index in [0.29, 0.717) is 12.5 Å². The molecule has 108 valence electrons. The summed E-state index contributed by atoms with van der Waals surface area (Å²) in [4.78, 5) is 21.8. The van der Waals surface area contributed by atoms with Gasteiger partial charge in [0, 0.05) is 12.2 Å². The fourth-order valence-electron chi connectivity index (χ4n) is 1.72. The van der Waals surface area contributed by atoms with Crippen molar-refractivity contribution < 1.29 is 23.5 Å². The van der Waals surface area contributed by atoms with E-state index in [0.717, 1.165) is 25.0 Å². The van der Waals surface area contributed by atoms with Crippen LogP contribution in [0.25, 0.3) is 0 Å². The number of carboxylic acid groups (broad SMARTS) is 1. The lowest BCUT2D eigenvalue weighted by molar-refractivity contribution is -0.135. The Hall–Kier alpha value is -2.18. The van der Waals surface area contributed by atoms with Gasteiger partial charge in [-0.1, -0.05) is 0 Å². The molecule has 0 saturated heterocycles. The number of halogens is 2. The fraction of sp³-hybridized carbons (Fsp3) is 0.385. The first kappa shape index (κ1) is 14.2. The lowest BCUT2D eigenvalue weighted by Gasteiger charge is -2.09. The third-order valence-corrected chi connectivity index (χ3v) is 2.96. The van der Waals surface area contributed by atoms with E-state index < -0.39 is 35.6 Å². The molecule has 2 rings (SSSR count). The first-order valence-electron chi connectivity index (χ1n) is 6.20. The number of carbonyl (C=O) groups is 2. The molecule has 1 aliphatic carbocycles. The number of rotatable bonds is 6. The summed E-state index contributed by atoms with van der Waals surface area (Å²) in [6.45, 7) is -0.0527. The van der Waals surface area contributed by atoms with Gasteiger partial charge in [0.2, 0.25) is 0 Å². The molecule has 3 N–H and O–H groups in total. The van der Waals surface area contributed by atoms with Crippen LogP contribution < -0.4 is 10.6 Å². The highest BCUT2D eigenvalue weighted by molar-refractivity contribution is 5.96. The standard InChI is InChI=1S/C13H14F2N2O3/c14-9-3-8(16-5-7-1-2-7)4-10(15)12(9)13(20)17-6-11(18)19/h3-4,7,16H,1-2,5-6H2,(H,17,20)(H,18,19). The highest BCUT2D eigenvalue weighted by atomic mass is 19.1. The van der Waals surface area contributed by atoms with Crippen LogP contribution in [0.4, 0.5) is 14.5 Å². The number of amides is 1. The normalized spacial score (nSPS) is 13.9. The van der Waals surface area contributed by atoms with Crippen LogP contribution in [-0.2, 0) is 4.79 Å². The maximum absolute atomic E-state index is 13.7. The Labute approximate surface area is 114 Å². The summed E-state index contributed by atoms with van der Waals surface area (Å²) in [5.41, 5.74) is -0.509. The van der Waals surface area contributed by atoms with Crippen LogP contribution in [0.1, 0.15) is 23.2 Å². The number of hydrogen-bond acceptors (Lipinski definition) is 3. The van der Waals surface area contributed by atoms with E-state index in [1.165, 1.54) is 0 Å². The highest BCUT2D eigenvalue weighted by Gasteiger charge is 2.22. The van der Waals surface area contributed by atoms with Crippen molar-refractivity contribution in [3.8, 4) is 0 Å². The van der Waals surface area contributed by atoms with Gasteiger partial charge in [0.15, 0.2) is 0 Å². The smallest absolute Gasteiger partial charge is 0.322 e. The molecule has 5 nitrogen and oxygen atoms in total. The van der Waals surface area contributed by atoms with Gasteiger partial charge >= 0.3 is 5.97 Å². The second-order valence-electron chi connectivity index (χ2n) is 4.72. The summed E-state index contributed by atoms with van der Waals surface area (Å²) in [6, 6.07) is 2.06. The number of aliphatic carboxylic acids is 1. The Kier molecular flexibility index (Phi) is 4.16. The van der Waals surface area contributed by atoms with Crippen LogP contribution in [-0.4, -0.2) is 30.1 Å². The molecule has 7 heteroatoms. The third-order valence-electron chi connectivity index (χ3n) is 2.96. The predicted octanol–water partition coefficient (Wildman–Crippen LogP) is 1.60. The van der Waals surface area contributed by atoms with E-state index in [1.807, 2.05) is 5.32 Å². The predicted molar refractivity (Wildman–Crippen MR) is 67.5 cm³/mol. The summed E-state index contributed by atoms with van der Waals surface area (Å²) in [6.07, 6.45) is 2.21. The van der Waals surface area contributed by atoms with Crippen molar-refractivity contribution in [3.05, 3.63) is 29.3 Å². The van der Waals surface area contributed by atoms with E-state index in [2.05, 4.69) is 5.32 Å². The molecule has 0 atom stereocenters. The Bertz CT molecular complexity index is 521. The van der Waals surface area contributed by atoms with Gasteiger partial charge in [-0.05, 0) is 30.9 Å². The van der Waals surface area contributed by atoms with E-state index in [-0.39, 0.29) is 5.69 Å². The van der Waals surface area contributed by atoms with Gasteiger partial charge < -0.3 is 15.7 Å². The fourth-order valence-corrected chi connectivity index (χ4v) is 1.72. The minimum atomic E-state index is -1.29. The third kappa shape index (κ3) is 3.66. The molecule has 1 aromatic rings. The first-order valence-corrected chi connectivity index (χ1v) is 6.20. The van der Waals surface area contributed by atoms with Crippen molar-refractivity contribution in [2.45, 2.75) is 12.8 Å². The Balaban J connectivity index is 2.08. The molecule has 0 unspecified atom stereocenters. The molecule has 0 radical (unpaired) electrons. The van der Waals surface area contributed by atoms with Gasteiger partial charge in [0.05, 0.1) is 0 Å². The molecule has 1 saturated carbocycles. The molecule has 1 fully saturated rings. The number of carbonyl (C=O) groups excluding carboxylic acids is 1.